The van der Waals surface area contributed by atoms with Crippen molar-refractivity contribution in [1.29, 1.82) is 0 Å². The van der Waals surface area contributed by atoms with E-state index < -0.39 is 52.5 Å². The molecule has 0 bridgehead atoms. The summed E-state index contributed by atoms with van der Waals surface area (Å²) >= 11 is 1.08. The normalized spacial score (nSPS) is 18.1. The number of nitrogens with one attached hydrogen (secondary N) is 1. The molecule has 2 aliphatic rings. The van der Waals surface area contributed by atoms with E-state index in [1.807, 2.05) is 12.1 Å². The number of benzene rings is 3. The van der Waals surface area contributed by atoms with Crippen molar-refractivity contribution in [3.8, 4) is 0 Å². The van der Waals surface area contributed by atoms with Crippen molar-refractivity contribution in [2.24, 2.45) is 5.73 Å². The Morgan fingerprint density at radius 1 is 1.02 bits per heavy atom. The number of aliphatic hydroxyl groups excluding tert-OH is 1. The molecule has 44 heavy (non-hydrogen) atoms. The van der Waals surface area contributed by atoms with Crippen LogP contribution >= 0.6 is 11.8 Å². The summed E-state index contributed by atoms with van der Waals surface area (Å²) in [5.74, 6) is -2.25. The lowest BCUT2D eigenvalue weighted by atomic mass is 10.0. The van der Waals surface area contributed by atoms with Crippen molar-refractivity contribution in [2.45, 2.75) is 29.4 Å². The Bertz CT molecular complexity index is 1590. The van der Waals surface area contributed by atoms with E-state index in [2.05, 4.69) is 5.32 Å². The van der Waals surface area contributed by atoms with Gasteiger partial charge in [-0.15, -0.1) is 11.8 Å². The third-order valence-corrected chi connectivity index (χ3v) is 8.34. The number of aliphatic hydroxyl groups is 1. The zero-order valence-corrected chi connectivity index (χ0v) is 23.7. The highest BCUT2D eigenvalue weighted by molar-refractivity contribution is 8.00. The van der Waals surface area contributed by atoms with Gasteiger partial charge in [-0.1, -0.05) is 72.8 Å². The zero-order chi connectivity index (χ0) is 31.4. The Kier molecular flexibility index (Phi) is 8.92. The van der Waals surface area contributed by atoms with E-state index in [4.69, 9.17) is 15.2 Å². The Morgan fingerprint density at radius 3 is 2.20 bits per heavy atom. The summed E-state index contributed by atoms with van der Waals surface area (Å²) in [6.45, 7) is -0.581. The molecule has 2 heterocycles. The lowest BCUT2D eigenvalue weighted by Crippen LogP contribution is -2.58. The first-order valence-electron chi connectivity index (χ1n) is 13.3. The first kappa shape index (κ1) is 30.3. The minimum Gasteiger partial charge on any atom is -0.448 e. The fraction of sp³-hybridized carbons (Fsp3) is 0.200. The number of nitro benzene ring substituents is 1. The highest BCUT2D eigenvalue weighted by Gasteiger charge is 2.50. The molecule has 0 radical (unpaired) electrons. The number of amides is 3. The van der Waals surface area contributed by atoms with Crippen LogP contribution in [0, 0.1) is 10.1 Å². The number of rotatable bonds is 10. The molecule has 3 aromatic carbocycles. The van der Waals surface area contributed by atoms with Crippen LogP contribution < -0.4 is 11.1 Å². The van der Waals surface area contributed by atoms with Crippen LogP contribution in [0.1, 0.15) is 35.3 Å². The predicted octanol–water partition coefficient (Wildman–Crippen LogP) is 3.06. The van der Waals surface area contributed by atoms with Crippen molar-refractivity contribution >= 4 is 41.3 Å². The third kappa shape index (κ3) is 6.40. The van der Waals surface area contributed by atoms with E-state index in [0.29, 0.717) is 11.1 Å². The summed E-state index contributed by atoms with van der Waals surface area (Å²) in [6, 6.07) is 22.8. The van der Waals surface area contributed by atoms with Crippen molar-refractivity contribution < 1.29 is 38.7 Å². The van der Waals surface area contributed by atoms with E-state index in [1.165, 1.54) is 23.1 Å². The molecule has 4 N–H and O–H groups in total. The maximum atomic E-state index is 14.0. The second kappa shape index (κ2) is 13.0. The molecule has 3 amide bonds. The van der Waals surface area contributed by atoms with Gasteiger partial charge in [0.25, 0.3) is 11.6 Å². The molecule has 1 fully saturated rings. The van der Waals surface area contributed by atoms with Crippen molar-refractivity contribution in [3.05, 3.63) is 123 Å². The molecule has 2 aliphatic heterocycles. The summed E-state index contributed by atoms with van der Waals surface area (Å²) in [5.41, 5.74) is 5.94. The van der Waals surface area contributed by atoms with Gasteiger partial charge >= 0.3 is 12.1 Å². The van der Waals surface area contributed by atoms with Gasteiger partial charge in [0.1, 0.15) is 17.7 Å². The predicted molar refractivity (Wildman–Crippen MR) is 156 cm³/mol. The Morgan fingerprint density at radius 2 is 1.64 bits per heavy atom. The number of β-lactam (4-membered cyclic amide) rings is 1. The lowest BCUT2D eigenvalue weighted by Gasteiger charge is -2.47. The zero-order valence-electron chi connectivity index (χ0n) is 22.9. The van der Waals surface area contributed by atoms with Gasteiger partial charge in [-0.2, -0.15) is 0 Å². The molecule has 5 rings (SSSR count). The smallest absolute Gasteiger partial charge is 0.404 e. The first-order chi connectivity index (χ1) is 21.1. The van der Waals surface area contributed by atoms with Gasteiger partial charge in [-0.25, -0.2) is 9.59 Å². The van der Waals surface area contributed by atoms with Crippen molar-refractivity contribution in [3.63, 3.8) is 0 Å². The van der Waals surface area contributed by atoms with Crippen LogP contribution in [0.2, 0.25) is 0 Å². The number of carbonyl (C=O) groups is 4. The van der Waals surface area contributed by atoms with Crippen LogP contribution in [-0.4, -0.2) is 56.2 Å². The number of hydrogen-bond acceptors (Lipinski definition) is 10. The summed E-state index contributed by atoms with van der Waals surface area (Å²) < 4.78 is 11.0. The Hall–Kier alpha value is -5.21. The molecule has 0 saturated carbocycles. The maximum Gasteiger partial charge on any atom is 0.404 e. The molecule has 0 aliphatic carbocycles. The highest BCUT2D eigenvalue weighted by atomic mass is 32.2. The summed E-state index contributed by atoms with van der Waals surface area (Å²) in [6.07, 6.45) is -3.80. The number of primary amides is 1. The van der Waals surface area contributed by atoms with E-state index in [-0.39, 0.29) is 34.8 Å². The second-order valence-corrected chi connectivity index (χ2v) is 11.1. The number of hydrogen-bond donors (Lipinski definition) is 3. The maximum absolute atomic E-state index is 14.0. The van der Waals surface area contributed by atoms with Gasteiger partial charge < -0.3 is 25.6 Å². The molecule has 3 atom stereocenters. The van der Waals surface area contributed by atoms with Gasteiger partial charge in [0.2, 0.25) is 5.91 Å². The number of non-ortho nitro benzene ring substituents is 1. The van der Waals surface area contributed by atoms with Gasteiger partial charge in [-0.3, -0.25) is 24.6 Å². The molecule has 13 nitrogen and oxygen atoms in total. The highest BCUT2D eigenvalue weighted by Crippen LogP contribution is 2.44. The van der Waals surface area contributed by atoms with Crippen LogP contribution in [-0.2, 0) is 23.9 Å². The molecule has 2 unspecified atom stereocenters. The van der Waals surface area contributed by atoms with Crippen LogP contribution in [0.25, 0.3) is 0 Å². The fourth-order valence-corrected chi connectivity index (χ4v) is 6.27. The molecule has 1 saturated heterocycles. The molecule has 14 heteroatoms. The number of ether oxygens (including phenoxy) is 2. The lowest BCUT2D eigenvalue weighted by molar-refractivity contribution is -0.385. The second-order valence-electron chi connectivity index (χ2n) is 9.79. The number of carbonyl (C=O) groups excluding carboxylic acids is 4. The third-order valence-electron chi connectivity index (χ3n) is 6.97. The van der Waals surface area contributed by atoms with E-state index in [1.54, 1.807) is 48.5 Å². The van der Waals surface area contributed by atoms with Crippen LogP contribution in [0.15, 0.2) is 96.2 Å². The minimum absolute atomic E-state index is 0.00238. The standard InChI is InChI=1S/C30H26N4O9S/c31-30(39)42-16-21-24(29(38)43-26(17-8-3-1-4-9-17)18-10-5-2-6-11-18)33-22(35)15-23(33)44-28(21)32-27(37)25(36)19-12-7-13-20(14-19)34(40)41/h1-14,23,25-26,28,36H,15-16H2,(H2,31,39)(H,32,37)/t23-,25?,28?/m0/s1. The molecule has 0 spiro atoms. The van der Waals surface area contributed by atoms with Crippen molar-refractivity contribution in [1.82, 2.24) is 10.2 Å². The number of nitrogens with two attached hydrogens (primary N) is 1. The number of nitrogens with zero attached hydrogens (tertiary/aromatic N) is 2. The Labute approximate surface area is 254 Å². The fourth-order valence-electron chi connectivity index (χ4n) is 4.84. The van der Waals surface area contributed by atoms with E-state index >= 15 is 0 Å². The summed E-state index contributed by atoms with van der Waals surface area (Å²) in [5, 5.41) is 22.9. The van der Waals surface area contributed by atoms with E-state index in [9.17, 15) is 34.4 Å². The molecule has 226 valence electrons. The molecular weight excluding hydrogens is 592 g/mol. The van der Waals surface area contributed by atoms with Gasteiger partial charge in [0.15, 0.2) is 12.2 Å². The average molecular weight is 619 g/mol. The number of thioether (sulfide) groups is 1. The van der Waals surface area contributed by atoms with Crippen LogP contribution in [0.4, 0.5) is 10.5 Å². The monoisotopic (exact) mass is 618 g/mol. The quantitative estimate of drug-likeness (QED) is 0.132. The summed E-state index contributed by atoms with van der Waals surface area (Å²) in [7, 11) is 0. The Balaban J connectivity index is 1.50. The summed E-state index contributed by atoms with van der Waals surface area (Å²) in [4.78, 5) is 63.2. The van der Waals surface area contributed by atoms with Crippen molar-refractivity contribution in [2.75, 3.05) is 6.61 Å². The molecule has 0 aromatic heterocycles. The van der Waals surface area contributed by atoms with Gasteiger partial charge in [-0.05, 0) is 16.7 Å². The number of nitro groups is 1. The number of esters is 1. The topological polar surface area (TPSA) is 191 Å². The van der Waals surface area contributed by atoms with Gasteiger partial charge in [0.05, 0.1) is 16.7 Å². The average Bonchev–Trinajstić information content (AvgIpc) is 3.02. The van der Waals surface area contributed by atoms with E-state index in [0.717, 1.165) is 17.8 Å². The molecular formula is C30H26N4O9S. The first-order valence-corrected chi connectivity index (χ1v) is 14.2. The largest absolute Gasteiger partial charge is 0.448 e. The van der Waals surface area contributed by atoms with Crippen LogP contribution in [0.5, 0.6) is 0 Å². The van der Waals surface area contributed by atoms with Crippen LogP contribution in [0.3, 0.4) is 0 Å². The minimum atomic E-state index is -1.81. The molecule has 3 aromatic rings. The van der Waals surface area contributed by atoms with Gasteiger partial charge in [0, 0.05) is 17.7 Å². The number of fused-ring (bicyclic) bond motifs is 1. The SMILES string of the molecule is NC(=O)OCC1=C(C(=O)OC(c2ccccc2)c2ccccc2)N2C(=O)C[C@@H]2SC1NC(=O)C(O)c1cccc([N+](=O)[O-])c1.